The van der Waals surface area contributed by atoms with Crippen molar-refractivity contribution in [2.45, 2.75) is 45.8 Å². The molecule has 0 aliphatic heterocycles. The van der Waals surface area contributed by atoms with Crippen molar-refractivity contribution in [2.24, 2.45) is 0 Å². The lowest BCUT2D eigenvalue weighted by atomic mass is 10.3. The molecule has 0 saturated carbocycles. The normalized spacial score (nSPS) is 10.8. The van der Waals surface area contributed by atoms with Crippen molar-refractivity contribution in [1.82, 2.24) is 0 Å². The average molecular weight is 204 g/mol. The van der Waals surface area contributed by atoms with E-state index in [2.05, 4.69) is 0 Å². The molecule has 4 nitrogen and oxygen atoms in total. The van der Waals surface area contributed by atoms with Gasteiger partial charge in [-0.25, -0.2) is 4.79 Å². The van der Waals surface area contributed by atoms with Crippen molar-refractivity contribution in [1.29, 1.82) is 0 Å². The molecular weight excluding hydrogens is 184 g/mol. The van der Waals surface area contributed by atoms with E-state index in [1.165, 1.54) is 0 Å². The predicted octanol–water partition coefficient (Wildman–Crippen LogP) is 2.03. The minimum absolute atomic E-state index is 0.444. The largest absolute Gasteiger partial charge is 0.477 e. The number of carboxylic acids is 1. The first-order chi connectivity index (χ1) is 6.72. The van der Waals surface area contributed by atoms with Crippen molar-refractivity contribution in [3.8, 4) is 0 Å². The second-order valence-electron chi connectivity index (χ2n) is 3.12. The Balaban J connectivity index is 3.61. The van der Waals surface area contributed by atoms with Crippen molar-refractivity contribution < 1.29 is 19.4 Å². The first kappa shape index (κ1) is 13.4. The minimum atomic E-state index is -1.09. The highest BCUT2D eigenvalue weighted by molar-refractivity contribution is 5.70. The van der Waals surface area contributed by atoms with E-state index >= 15 is 0 Å². The fourth-order valence-electron chi connectivity index (χ4n) is 0.860. The quantitative estimate of drug-likeness (QED) is 0.461. The molecule has 0 aliphatic carbocycles. The van der Waals surface area contributed by atoms with Crippen LogP contribution >= 0.6 is 0 Å². The summed E-state index contributed by atoms with van der Waals surface area (Å²) in [5.74, 6) is -1.04. The highest BCUT2D eigenvalue weighted by Crippen LogP contribution is 2.00. The SMILES string of the molecule is CCCCOC(OCCCC)C(=O)O. The van der Waals surface area contributed by atoms with Gasteiger partial charge in [0.25, 0.3) is 6.29 Å². The monoisotopic (exact) mass is 204 g/mol. The maximum Gasteiger partial charge on any atom is 0.361 e. The predicted molar refractivity (Wildman–Crippen MR) is 53.1 cm³/mol. The number of carbonyl (C=O) groups is 1. The van der Waals surface area contributed by atoms with Gasteiger partial charge in [-0.05, 0) is 12.8 Å². The van der Waals surface area contributed by atoms with Crippen molar-refractivity contribution in [3.63, 3.8) is 0 Å². The Kier molecular flexibility index (Phi) is 8.57. The smallest absolute Gasteiger partial charge is 0.361 e. The zero-order valence-corrected chi connectivity index (χ0v) is 8.99. The number of aliphatic carboxylic acids is 1. The van der Waals surface area contributed by atoms with Crippen molar-refractivity contribution >= 4 is 5.97 Å². The van der Waals surface area contributed by atoms with Crippen LogP contribution in [0.4, 0.5) is 0 Å². The lowest BCUT2D eigenvalue weighted by Gasteiger charge is -2.13. The Bertz CT molecular complexity index is 137. The molecule has 14 heavy (non-hydrogen) atoms. The topological polar surface area (TPSA) is 55.8 Å². The Labute approximate surface area is 85.2 Å². The average Bonchev–Trinajstić information content (AvgIpc) is 2.15. The van der Waals surface area contributed by atoms with Crippen LogP contribution in [0, 0.1) is 0 Å². The second kappa shape index (κ2) is 8.97. The Morgan fingerprint density at radius 1 is 1.14 bits per heavy atom. The van der Waals surface area contributed by atoms with Gasteiger partial charge in [-0.2, -0.15) is 0 Å². The van der Waals surface area contributed by atoms with Gasteiger partial charge in [0.05, 0.1) is 13.2 Å². The summed E-state index contributed by atoms with van der Waals surface area (Å²) in [5.41, 5.74) is 0. The van der Waals surface area contributed by atoms with Gasteiger partial charge >= 0.3 is 5.97 Å². The second-order valence-corrected chi connectivity index (χ2v) is 3.12. The first-order valence-electron chi connectivity index (χ1n) is 5.18. The maximum absolute atomic E-state index is 10.6. The summed E-state index contributed by atoms with van der Waals surface area (Å²) in [4.78, 5) is 10.6. The molecule has 4 heteroatoms. The van der Waals surface area contributed by atoms with E-state index in [-0.39, 0.29) is 0 Å². The van der Waals surface area contributed by atoms with Gasteiger partial charge in [0.1, 0.15) is 0 Å². The molecule has 0 aromatic heterocycles. The van der Waals surface area contributed by atoms with Gasteiger partial charge in [-0.1, -0.05) is 26.7 Å². The van der Waals surface area contributed by atoms with Crippen LogP contribution in [0.1, 0.15) is 39.5 Å². The minimum Gasteiger partial charge on any atom is -0.477 e. The van der Waals surface area contributed by atoms with Gasteiger partial charge in [0, 0.05) is 0 Å². The third kappa shape index (κ3) is 6.86. The van der Waals surface area contributed by atoms with E-state index in [1.807, 2.05) is 13.8 Å². The molecule has 0 bridgehead atoms. The third-order valence-corrected chi connectivity index (χ3v) is 1.74. The molecule has 0 unspecified atom stereocenters. The number of carboxylic acid groups (broad SMARTS) is 1. The maximum atomic E-state index is 10.6. The number of ether oxygens (including phenoxy) is 2. The summed E-state index contributed by atoms with van der Waals surface area (Å²) >= 11 is 0. The molecule has 0 spiro atoms. The van der Waals surface area contributed by atoms with Crippen LogP contribution in [0.5, 0.6) is 0 Å². The molecule has 0 amide bonds. The summed E-state index contributed by atoms with van der Waals surface area (Å²) in [6.45, 7) is 4.94. The van der Waals surface area contributed by atoms with Gasteiger partial charge in [-0.3, -0.25) is 0 Å². The zero-order chi connectivity index (χ0) is 10.8. The zero-order valence-electron chi connectivity index (χ0n) is 8.99. The molecule has 1 N–H and O–H groups in total. The van der Waals surface area contributed by atoms with Crippen LogP contribution in [0.15, 0.2) is 0 Å². The molecule has 0 atom stereocenters. The molecule has 0 fully saturated rings. The number of rotatable bonds is 9. The molecule has 0 rings (SSSR count). The summed E-state index contributed by atoms with van der Waals surface area (Å²) in [5, 5.41) is 8.72. The Morgan fingerprint density at radius 3 is 1.86 bits per heavy atom. The highest BCUT2D eigenvalue weighted by Gasteiger charge is 2.17. The van der Waals surface area contributed by atoms with Crippen LogP contribution < -0.4 is 0 Å². The number of unbranched alkanes of at least 4 members (excludes halogenated alkanes) is 2. The summed E-state index contributed by atoms with van der Waals surface area (Å²) in [6.07, 6.45) is 2.61. The van der Waals surface area contributed by atoms with Crippen molar-refractivity contribution in [2.75, 3.05) is 13.2 Å². The molecule has 0 aromatic rings. The molecule has 0 saturated heterocycles. The van der Waals surface area contributed by atoms with E-state index in [0.717, 1.165) is 25.7 Å². The molecule has 0 aromatic carbocycles. The standard InChI is InChI=1S/C10H20O4/c1-3-5-7-13-10(9(11)12)14-8-6-4-2/h10H,3-8H2,1-2H3,(H,11,12). The molecular formula is C10H20O4. The first-order valence-corrected chi connectivity index (χ1v) is 5.18. The van der Waals surface area contributed by atoms with E-state index in [0.29, 0.717) is 13.2 Å². The van der Waals surface area contributed by atoms with Gasteiger partial charge in [-0.15, -0.1) is 0 Å². The van der Waals surface area contributed by atoms with E-state index < -0.39 is 12.3 Å². The molecule has 0 aliphatic rings. The molecule has 84 valence electrons. The number of hydrogen-bond donors (Lipinski definition) is 1. The Morgan fingerprint density at radius 2 is 1.57 bits per heavy atom. The van der Waals surface area contributed by atoms with Crippen molar-refractivity contribution in [3.05, 3.63) is 0 Å². The fourth-order valence-corrected chi connectivity index (χ4v) is 0.860. The van der Waals surface area contributed by atoms with Gasteiger partial charge in [0.2, 0.25) is 0 Å². The van der Waals surface area contributed by atoms with Crippen LogP contribution in [0.25, 0.3) is 0 Å². The summed E-state index contributed by atoms with van der Waals surface area (Å²) < 4.78 is 10.1. The number of hydrogen-bond acceptors (Lipinski definition) is 3. The highest BCUT2D eigenvalue weighted by atomic mass is 16.7. The fraction of sp³-hybridized carbons (Fsp3) is 0.900. The van der Waals surface area contributed by atoms with Gasteiger partial charge in [0.15, 0.2) is 0 Å². The third-order valence-electron chi connectivity index (χ3n) is 1.74. The van der Waals surface area contributed by atoms with Gasteiger partial charge < -0.3 is 14.6 Å². The molecule has 0 radical (unpaired) electrons. The van der Waals surface area contributed by atoms with E-state index in [9.17, 15) is 4.79 Å². The Hall–Kier alpha value is -0.610. The van der Waals surface area contributed by atoms with E-state index in [1.54, 1.807) is 0 Å². The summed E-state index contributed by atoms with van der Waals surface area (Å²) in [6, 6.07) is 0. The van der Waals surface area contributed by atoms with Crippen LogP contribution in [0.3, 0.4) is 0 Å². The molecule has 0 heterocycles. The van der Waals surface area contributed by atoms with Crippen LogP contribution in [-0.4, -0.2) is 30.6 Å². The summed E-state index contributed by atoms with van der Waals surface area (Å²) in [7, 11) is 0. The lowest BCUT2D eigenvalue weighted by molar-refractivity contribution is -0.189. The lowest BCUT2D eigenvalue weighted by Crippen LogP contribution is -2.28. The van der Waals surface area contributed by atoms with Crippen LogP contribution in [-0.2, 0) is 14.3 Å². The van der Waals surface area contributed by atoms with Crippen LogP contribution in [0.2, 0.25) is 0 Å². The van der Waals surface area contributed by atoms with E-state index in [4.69, 9.17) is 14.6 Å².